The van der Waals surface area contributed by atoms with Gasteiger partial charge in [0.1, 0.15) is 12.4 Å². The minimum atomic E-state index is 0.425. The molecule has 21 heavy (non-hydrogen) atoms. The molecular formula is C19H29NO. The van der Waals surface area contributed by atoms with Crippen LogP contribution in [0.4, 0.5) is 0 Å². The predicted octanol–water partition coefficient (Wildman–Crippen LogP) is 4.32. The Balaban J connectivity index is 1.40. The molecule has 1 N–H and O–H groups in total. The van der Waals surface area contributed by atoms with Crippen LogP contribution in [0.25, 0.3) is 0 Å². The molecule has 0 heterocycles. The van der Waals surface area contributed by atoms with Gasteiger partial charge in [0.15, 0.2) is 0 Å². The van der Waals surface area contributed by atoms with E-state index in [1.807, 2.05) is 0 Å². The summed E-state index contributed by atoms with van der Waals surface area (Å²) in [5.41, 5.74) is 1.28. The third-order valence-electron chi connectivity index (χ3n) is 5.04. The highest BCUT2D eigenvalue weighted by Gasteiger charge is 2.34. The van der Waals surface area contributed by atoms with E-state index in [1.54, 1.807) is 0 Å². The van der Waals surface area contributed by atoms with Gasteiger partial charge in [-0.15, -0.1) is 0 Å². The number of rotatable bonds is 6. The number of aryl methyl sites for hydroxylation is 1. The first-order chi connectivity index (χ1) is 10.2. The summed E-state index contributed by atoms with van der Waals surface area (Å²) >= 11 is 0. The molecule has 2 fully saturated rings. The maximum Gasteiger partial charge on any atom is 0.119 e. The summed E-state index contributed by atoms with van der Waals surface area (Å²) in [6.45, 7) is 5.11. The van der Waals surface area contributed by atoms with Crippen LogP contribution in [0.2, 0.25) is 0 Å². The zero-order valence-corrected chi connectivity index (χ0v) is 13.5. The normalized spacial score (nSPS) is 27.3. The van der Waals surface area contributed by atoms with Crippen LogP contribution in [0, 0.1) is 18.8 Å². The zero-order chi connectivity index (χ0) is 14.7. The Morgan fingerprint density at radius 3 is 2.57 bits per heavy atom. The predicted molar refractivity (Wildman–Crippen MR) is 87.7 cm³/mol. The maximum absolute atomic E-state index is 5.89. The third kappa shape index (κ3) is 4.47. The smallest absolute Gasteiger partial charge is 0.119 e. The summed E-state index contributed by atoms with van der Waals surface area (Å²) in [7, 11) is 0. The first-order valence-corrected chi connectivity index (χ1v) is 8.66. The summed E-state index contributed by atoms with van der Waals surface area (Å²) in [6.07, 6.45) is 8.59. The van der Waals surface area contributed by atoms with Crippen LogP contribution in [0.15, 0.2) is 24.3 Å². The molecule has 1 aromatic carbocycles. The second-order valence-electron chi connectivity index (χ2n) is 7.15. The topological polar surface area (TPSA) is 21.3 Å². The Bertz CT molecular complexity index is 437. The molecule has 0 bridgehead atoms. The van der Waals surface area contributed by atoms with E-state index < -0.39 is 0 Å². The van der Waals surface area contributed by atoms with Gasteiger partial charge in [-0.25, -0.2) is 0 Å². The quantitative estimate of drug-likeness (QED) is 0.841. The fourth-order valence-corrected chi connectivity index (χ4v) is 3.68. The lowest BCUT2D eigenvalue weighted by Crippen LogP contribution is -2.42. The lowest BCUT2D eigenvalue weighted by atomic mass is 9.82. The van der Waals surface area contributed by atoms with Gasteiger partial charge < -0.3 is 10.1 Å². The highest BCUT2D eigenvalue weighted by molar-refractivity contribution is 5.26. The van der Waals surface area contributed by atoms with Crippen molar-refractivity contribution in [2.45, 2.75) is 64.5 Å². The summed E-state index contributed by atoms with van der Waals surface area (Å²) in [4.78, 5) is 0. The van der Waals surface area contributed by atoms with Crippen molar-refractivity contribution in [2.75, 3.05) is 6.61 Å². The first-order valence-electron chi connectivity index (χ1n) is 8.66. The lowest BCUT2D eigenvalue weighted by molar-refractivity contribution is 0.214. The minimum Gasteiger partial charge on any atom is -0.492 e. The van der Waals surface area contributed by atoms with Crippen LogP contribution >= 0.6 is 0 Å². The van der Waals surface area contributed by atoms with Gasteiger partial charge in [0, 0.05) is 12.1 Å². The number of hydrogen-bond donors (Lipinski definition) is 1. The Labute approximate surface area is 129 Å². The highest BCUT2D eigenvalue weighted by atomic mass is 16.5. The van der Waals surface area contributed by atoms with Crippen molar-refractivity contribution < 1.29 is 4.74 Å². The molecule has 1 aromatic rings. The fourth-order valence-electron chi connectivity index (χ4n) is 3.68. The largest absolute Gasteiger partial charge is 0.492 e. The summed E-state index contributed by atoms with van der Waals surface area (Å²) in [6, 6.07) is 9.47. The Hall–Kier alpha value is -1.02. The highest BCUT2D eigenvalue weighted by Crippen LogP contribution is 2.43. The van der Waals surface area contributed by atoms with Crippen LogP contribution in [0.5, 0.6) is 5.75 Å². The van der Waals surface area contributed by atoms with E-state index in [1.165, 1.54) is 44.1 Å². The molecule has 0 spiro atoms. The number of hydrogen-bond acceptors (Lipinski definition) is 2. The van der Waals surface area contributed by atoms with Gasteiger partial charge in [0.25, 0.3) is 0 Å². The van der Waals surface area contributed by atoms with Gasteiger partial charge in [0.05, 0.1) is 0 Å². The van der Waals surface area contributed by atoms with Crippen LogP contribution in [0.3, 0.4) is 0 Å². The number of ether oxygens (including phenoxy) is 1. The van der Waals surface area contributed by atoms with Crippen LogP contribution in [0.1, 0.15) is 51.0 Å². The molecule has 2 aliphatic carbocycles. The molecule has 2 saturated carbocycles. The molecule has 0 aliphatic heterocycles. The Morgan fingerprint density at radius 2 is 1.86 bits per heavy atom. The van der Waals surface area contributed by atoms with Gasteiger partial charge in [-0.2, -0.15) is 0 Å². The van der Waals surface area contributed by atoms with Gasteiger partial charge in [-0.05, 0) is 63.5 Å². The minimum absolute atomic E-state index is 0.425. The van der Waals surface area contributed by atoms with E-state index in [9.17, 15) is 0 Å². The van der Waals surface area contributed by atoms with Gasteiger partial charge in [0.2, 0.25) is 0 Å². The molecule has 3 rings (SSSR count). The number of nitrogens with one attached hydrogen (secondary N) is 1. The van der Waals surface area contributed by atoms with Crippen LogP contribution in [-0.2, 0) is 0 Å². The molecule has 2 heteroatoms. The maximum atomic E-state index is 5.89. The van der Waals surface area contributed by atoms with Crippen molar-refractivity contribution in [3.8, 4) is 5.75 Å². The van der Waals surface area contributed by atoms with E-state index in [2.05, 4.69) is 43.4 Å². The van der Waals surface area contributed by atoms with Crippen molar-refractivity contribution in [3.63, 3.8) is 0 Å². The SMILES string of the molecule is Cc1ccc(OCC(C)NC2CCCC(C3CC3)C2)cc1. The van der Waals surface area contributed by atoms with Gasteiger partial charge in [-0.3, -0.25) is 0 Å². The third-order valence-corrected chi connectivity index (χ3v) is 5.04. The van der Waals surface area contributed by atoms with Gasteiger partial charge in [-0.1, -0.05) is 30.5 Å². The molecule has 3 atom stereocenters. The molecule has 3 unspecified atom stereocenters. The van der Waals surface area contributed by atoms with E-state index in [0.29, 0.717) is 12.1 Å². The first kappa shape index (κ1) is 14.9. The second-order valence-corrected chi connectivity index (χ2v) is 7.15. The Morgan fingerprint density at radius 1 is 1.10 bits per heavy atom. The lowest BCUT2D eigenvalue weighted by Gasteiger charge is -2.32. The standard InChI is InChI=1S/C19H29NO/c1-14-6-10-19(11-7-14)21-13-15(2)20-18-5-3-4-17(12-18)16-8-9-16/h6-7,10-11,15-18,20H,3-5,8-9,12-13H2,1-2H3. The average molecular weight is 287 g/mol. The zero-order valence-electron chi connectivity index (χ0n) is 13.5. The summed E-state index contributed by atoms with van der Waals surface area (Å²) in [5, 5.41) is 3.79. The summed E-state index contributed by atoms with van der Waals surface area (Å²) < 4.78 is 5.89. The average Bonchev–Trinajstić information content (AvgIpc) is 3.32. The molecule has 2 nitrogen and oxygen atoms in total. The number of benzene rings is 1. The van der Waals surface area contributed by atoms with Crippen molar-refractivity contribution in [1.29, 1.82) is 0 Å². The molecule has 0 radical (unpaired) electrons. The van der Waals surface area contributed by atoms with Crippen LogP contribution < -0.4 is 10.1 Å². The molecule has 0 amide bonds. The second kappa shape index (κ2) is 6.83. The molecule has 116 valence electrons. The molecular weight excluding hydrogens is 258 g/mol. The van der Waals surface area contributed by atoms with Gasteiger partial charge >= 0.3 is 0 Å². The van der Waals surface area contributed by atoms with Crippen molar-refractivity contribution in [2.24, 2.45) is 11.8 Å². The summed E-state index contributed by atoms with van der Waals surface area (Å²) in [5.74, 6) is 3.05. The van der Waals surface area contributed by atoms with E-state index in [4.69, 9.17) is 4.74 Å². The molecule has 0 aromatic heterocycles. The molecule has 2 aliphatic rings. The van der Waals surface area contributed by atoms with Crippen molar-refractivity contribution >= 4 is 0 Å². The van der Waals surface area contributed by atoms with Crippen LogP contribution in [-0.4, -0.2) is 18.7 Å². The van der Waals surface area contributed by atoms with E-state index in [-0.39, 0.29) is 0 Å². The van der Waals surface area contributed by atoms with E-state index in [0.717, 1.165) is 24.2 Å². The Kier molecular flexibility index (Phi) is 4.84. The van der Waals surface area contributed by atoms with Crippen molar-refractivity contribution in [3.05, 3.63) is 29.8 Å². The van der Waals surface area contributed by atoms with E-state index >= 15 is 0 Å². The van der Waals surface area contributed by atoms with Crippen molar-refractivity contribution in [1.82, 2.24) is 5.32 Å². The fraction of sp³-hybridized carbons (Fsp3) is 0.684. The monoisotopic (exact) mass is 287 g/mol. The molecule has 0 saturated heterocycles.